The lowest BCUT2D eigenvalue weighted by atomic mass is 10.0. The lowest BCUT2D eigenvalue weighted by Gasteiger charge is -2.35. The molecular formula is C14H16F2N2O2S. The quantitative estimate of drug-likeness (QED) is 0.868. The number of nitrogens with zero attached hydrogens (tertiary/aromatic N) is 1. The van der Waals surface area contributed by atoms with Crippen LogP contribution in [0.25, 0.3) is 0 Å². The van der Waals surface area contributed by atoms with Gasteiger partial charge in [-0.1, -0.05) is 12.2 Å². The fourth-order valence-electron chi connectivity index (χ4n) is 2.42. The SMILES string of the molecule is NC(=S)C1CCCCN1C(=O)c1ccc(OC(F)F)cc1. The Kier molecular flexibility index (Phi) is 5.06. The zero-order chi connectivity index (χ0) is 15.4. The summed E-state index contributed by atoms with van der Waals surface area (Å²) in [5.41, 5.74) is 6.09. The molecule has 0 bridgehead atoms. The highest BCUT2D eigenvalue weighted by Gasteiger charge is 2.29. The summed E-state index contributed by atoms with van der Waals surface area (Å²) in [7, 11) is 0. The van der Waals surface area contributed by atoms with E-state index in [1.165, 1.54) is 24.3 Å². The number of thiocarbonyl (C=S) groups is 1. The van der Waals surface area contributed by atoms with Crippen LogP contribution in [0.4, 0.5) is 8.78 Å². The Morgan fingerprint density at radius 3 is 2.57 bits per heavy atom. The van der Waals surface area contributed by atoms with E-state index in [2.05, 4.69) is 4.74 Å². The third kappa shape index (κ3) is 3.87. The van der Waals surface area contributed by atoms with Gasteiger partial charge in [0.15, 0.2) is 0 Å². The van der Waals surface area contributed by atoms with Crippen molar-refractivity contribution in [1.29, 1.82) is 0 Å². The third-order valence-corrected chi connectivity index (χ3v) is 3.69. The highest BCUT2D eigenvalue weighted by Crippen LogP contribution is 2.21. The maximum atomic E-state index is 12.5. The number of rotatable bonds is 4. The first kappa shape index (κ1) is 15.6. The number of likely N-dealkylation sites (tertiary alicyclic amines) is 1. The maximum absolute atomic E-state index is 12.5. The van der Waals surface area contributed by atoms with E-state index in [1.54, 1.807) is 4.90 Å². The number of nitrogens with two attached hydrogens (primary N) is 1. The smallest absolute Gasteiger partial charge is 0.387 e. The molecule has 0 aromatic heterocycles. The fourth-order valence-corrected chi connectivity index (χ4v) is 2.66. The third-order valence-electron chi connectivity index (χ3n) is 3.42. The predicted molar refractivity (Wildman–Crippen MR) is 78.5 cm³/mol. The van der Waals surface area contributed by atoms with Crippen LogP contribution in [0.1, 0.15) is 29.6 Å². The Hall–Kier alpha value is -1.76. The van der Waals surface area contributed by atoms with Gasteiger partial charge in [0.25, 0.3) is 5.91 Å². The number of halogens is 2. The fraction of sp³-hybridized carbons (Fsp3) is 0.429. The lowest BCUT2D eigenvalue weighted by Crippen LogP contribution is -2.49. The number of alkyl halides is 2. The van der Waals surface area contributed by atoms with E-state index >= 15 is 0 Å². The highest BCUT2D eigenvalue weighted by molar-refractivity contribution is 7.80. The van der Waals surface area contributed by atoms with Crippen molar-refractivity contribution in [3.05, 3.63) is 29.8 Å². The summed E-state index contributed by atoms with van der Waals surface area (Å²) in [4.78, 5) is 14.4. The molecule has 7 heteroatoms. The Bertz CT molecular complexity index is 522. The van der Waals surface area contributed by atoms with E-state index in [0.717, 1.165) is 19.3 Å². The van der Waals surface area contributed by atoms with Crippen LogP contribution in [0.15, 0.2) is 24.3 Å². The molecule has 1 amide bonds. The zero-order valence-corrected chi connectivity index (χ0v) is 12.1. The van der Waals surface area contributed by atoms with Gasteiger partial charge in [-0.2, -0.15) is 8.78 Å². The van der Waals surface area contributed by atoms with E-state index in [-0.39, 0.29) is 17.7 Å². The van der Waals surface area contributed by atoms with Crippen LogP contribution in [-0.4, -0.2) is 35.0 Å². The van der Waals surface area contributed by atoms with Gasteiger partial charge in [0, 0.05) is 12.1 Å². The highest BCUT2D eigenvalue weighted by atomic mass is 32.1. The van der Waals surface area contributed by atoms with Crippen LogP contribution in [0.3, 0.4) is 0 Å². The first-order valence-corrected chi connectivity index (χ1v) is 7.05. The molecule has 0 saturated carbocycles. The second kappa shape index (κ2) is 6.80. The van der Waals surface area contributed by atoms with Crippen molar-refractivity contribution in [1.82, 2.24) is 4.90 Å². The monoisotopic (exact) mass is 314 g/mol. The molecule has 2 rings (SSSR count). The largest absolute Gasteiger partial charge is 0.435 e. The van der Waals surface area contributed by atoms with Crippen molar-refractivity contribution in [2.75, 3.05) is 6.54 Å². The number of ether oxygens (including phenoxy) is 1. The van der Waals surface area contributed by atoms with Crippen LogP contribution in [0, 0.1) is 0 Å². The van der Waals surface area contributed by atoms with Crippen molar-refractivity contribution >= 4 is 23.1 Å². The van der Waals surface area contributed by atoms with Gasteiger partial charge < -0.3 is 15.4 Å². The van der Waals surface area contributed by atoms with Crippen LogP contribution >= 0.6 is 12.2 Å². The molecule has 2 N–H and O–H groups in total. The number of hydrogen-bond donors (Lipinski definition) is 1. The van der Waals surface area contributed by atoms with E-state index < -0.39 is 6.61 Å². The van der Waals surface area contributed by atoms with Crippen molar-refractivity contribution in [2.45, 2.75) is 31.9 Å². The van der Waals surface area contributed by atoms with Gasteiger partial charge in [-0.25, -0.2) is 0 Å². The summed E-state index contributed by atoms with van der Waals surface area (Å²) < 4.78 is 28.4. The van der Waals surface area contributed by atoms with E-state index in [1.807, 2.05) is 0 Å². The Balaban J connectivity index is 2.12. The molecule has 1 aromatic carbocycles. The molecule has 1 unspecified atom stereocenters. The molecule has 1 aliphatic rings. The Morgan fingerprint density at radius 2 is 2.00 bits per heavy atom. The molecule has 1 fully saturated rings. The van der Waals surface area contributed by atoms with Crippen molar-refractivity contribution in [2.24, 2.45) is 5.73 Å². The van der Waals surface area contributed by atoms with Gasteiger partial charge in [0.2, 0.25) is 0 Å². The Labute approximate surface area is 126 Å². The number of piperidine rings is 1. The van der Waals surface area contributed by atoms with Crippen LogP contribution < -0.4 is 10.5 Å². The average Bonchev–Trinajstić information content (AvgIpc) is 2.46. The first-order chi connectivity index (χ1) is 9.99. The first-order valence-electron chi connectivity index (χ1n) is 6.64. The summed E-state index contributed by atoms with van der Waals surface area (Å²) >= 11 is 5.01. The van der Waals surface area contributed by atoms with Crippen molar-refractivity contribution < 1.29 is 18.3 Å². The number of amides is 1. The molecule has 4 nitrogen and oxygen atoms in total. The minimum Gasteiger partial charge on any atom is -0.435 e. The number of benzene rings is 1. The summed E-state index contributed by atoms with van der Waals surface area (Å²) in [5, 5.41) is 0. The summed E-state index contributed by atoms with van der Waals surface area (Å²) in [6.07, 6.45) is 2.64. The van der Waals surface area contributed by atoms with Gasteiger partial charge >= 0.3 is 6.61 Å². The van der Waals surface area contributed by atoms with Gasteiger partial charge in [-0.15, -0.1) is 0 Å². The Morgan fingerprint density at radius 1 is 1.33 bits per heavy atom. The van der Waals surface area contributed by atoms with E-state index in [4.69, 9.17) is 18.0 Å². The van der Waals surface area contributed by atoms with Crippen LogP contribution in [0.5, 0.6) is 5.75 Å². The van der Waals surface area contributed by atoms with Crippen LogP contribution in [0.2, 0.25) is 0 Å². The van der Waals surface area contributed by atoms with E-state index in [9.17, 15) is 13.6 Å². The molecular weight excluding hydrogens is 298 g/mol. The zero-order valence-electron chi connectivity index (χ0n) is 11.3. The van der Waals surface area contributed by atoms with Gasteiger partial charge in [-0.3, -0.25) is 4.79 Å². The molecule has 0 spiro atoms. The van der Waals surface area contributed by atoms with Crippen molar-refractivity contribution in [3.63, 3.8) is 0 Å². The number of carbonyl (C=O) groups excluding carboxylic acids is 1. The molecule has 1 aromatic rings. The lowest BCUT2D eigenvalue weighted by molar-refractivity contribution is -0.0498. The van der Waals surface area contributed by atoms with Crippen LogP contribution in [-0.2, 0) is 0 Å². The van der Waals surface area contributed by atoms with E-state index in [0.29, 0.717) is 17.1 Å². The average molecular weight is 314 g/mol. The van der Waals surface area contributed by atoms with Gasteiger partial charge in [0.1, 0.15) is 5.75 Å². The normalized spacial score (nSPS) is 18.6. The summed E-state index contributed by atoms with van der Waals surface area (Å²) in [5.74, 6) is -0.179. The maximum Gasteiger partial charge on any atom is 0.387 e. The van der Waals surface area contributed by atoms with Gasteiger partial charge in [0.05, 0.1) is 11.0 Å². The summed E-state index contributed by atoms with van der Waals surface area (Å²) in [6, 6.07) is 5.38. The minimum atomic E-state index is -2.88. The standard InChI is InChI=1S/C14H16F2N2O2S/c15-14(16)20-10-6-4-9(5-7-10)13(19)18-8-2-1-3-11(18)12(17)21/h4-7,11,14H,1-3,8H2,(H2,17,21). The molecule has 0 aliphatic carbocycles. The molecule has 114 valence electrons. The topological polar surface area (TPSA) is 55.6 Å². The second-order valence-corrected chi connectivity index (χ2v) is 5.29. The molecule has 1 heterocycles. The predicted octanol–water partition coefficient (Wildman–Crippen LogP) is 2.57. The minimum absolute atomic E-state index is 0.0195. The molecule has 0 radical (unpaired) electrons. The number of carbonyl (C=O) groups is 1. The van der Waals surface area contributed by atoms with Crippen molar-refractivity contribution in [3.8, 4) is 5.75 Å². The number of hydrogen-bond acceptors (Lipinski definition) is 3. The molecule has 21 heavy (non-hydrogen) atoms. The molecule has 1 atom stereocenters. The molecule has 1 aliphatic heterocycles. The summed E-state index contributed by atoms with van der Waals surface area (Å²) in [6.45, 7) is -2.29. The van der Waals surface area contributed by atoms with Gasteiger partial charge in [-0.05, 0) is 43.5 Å². The molecule has 1 saturated heterocycles. The second-order valence-electron chi connectivity index (χ2n) is 4.82.